The van der Waals surface area contributed by atoms with E-state index in [-0.39, 0.29) is 11.8 Å². The average Bonchev–Trinajstić information content (AvgIpc) is 2.87. The molecule has 0 atom stereocenters. The zero-order valence-electron chi connectivity index (χ0n) is 10.5. The molecule has 0 radical (unpaired) electrons. The lowest BCUT2D eigenvalue weighted by atomic mass is 10.2. The van der Waals surface area contributed by atoms with E-state index in [4.69, 9.17) is 11.6 Å². The Hall–Kier alpha value is -1.79. The van der Waals surface area contributed by atoms with Gasteiger partial charge in [0.1, 0.15) is 5.69 Å². The van der Waals surface area contributed by atoms with Gasteiger partial charge in [-0.3, -0.25) is 9.59 Å². The number of H-pyrrole nitrogens is 1. The number of halogens is 2. The molecule has 5 nitrogen and oxygen atoms in total. The van der Waals surface area contributed by atoms with Gasteiger partial charge < -0.3 is 15.6 Å². The Kier molecular flexibility index (Phi) is 4.46. The fourth-order valence-corrected chi connectivity index (χ4v) is 2.10. The van der Waals surface area contributed by atoms with Crippen molar-refractivity contribution >= 4 is 45.0 Å². The largest absolute Gasteiger partial charge is 0.356 e. The summed E-state index contributed by atoms with van der Waals surface area (Å²) in [7, 11) is 1.53. The lowest BCUT2D eigenvalue weighted by molar-refractivity contribution is 0.0961. The number of anilines is 1. The van der Waals surface area contributed by atoms with Crippen LogP contribution in [0.3, 0.4) is 0 Å². The highest BCUT2D eigenvalue weighted by atomic mass is 79.9. The van der Waals surface area contributed by atoms with E-state index in [0.717, 1.165) is 4.47 Å². The van der Waals surface area contributed by atoms with Crippen molar-refractivity contribution in [2.75, 3.05) is 12.4 Å². The number of nitrogens with one attached hydrogen (secondary N) is 3. The molecular formula is C13H11BrClN3O2. The average molecular weight is 357 g/mol. The third-order valence-electron chi connectivity index (χ3n) is 2.60. The van der Waals surface area contributed by atoms with Gasteiger partial charge >= 0.3 is 0 Å². The minimum absolute atomic E-state index is 0.250. The van der Waals surface area contributed by atoms with Crippen LogP contribution in [0.2, 0.25) is 5.02 Å². The Morgan fingerprint density at radius 2 is 2.00 bits per heavy atom. The molecule has 0 aliphatic carbocycles. The smallest absolute Gasteiger partial charge is 0.272 e. The molecule has 1 heterocycles. The first-order valence-corrected chi connectivity index (χ1v) is 6.85. The van der Waals surface area contributed by atoms with Crippen molar-refractivity contribution in [2.45, 2.75) is 0 Å². The second kappa shape index (κ2) is 6.11. The highest BCUT2D eigenvalue weighted by molar-refractivity contribution is 9.10. The summed E-state index contributed by atoms with van der Waals surface area (Å²) in [6.07, 6.45) is 1.65. The molecule has 0 fully saturated rings. The molecule has 104 valence electrons. The van der Waals surface area contributed by atoms with E-state index in [0.29, 0.717) is 22.0 Å². The topological polar surface area (TPSA) is 74.0 Å². The van der Waals surface area contributed by atoms with Crippen LogP contribution in [-0.2, 0) is 0 Å². The fraction of sp³-hybridized carbons (Fsp3) is 0.0769. The molecule has 0 bridgehead atoms. The number of amides is 2. The van der Waals surface area contributed by atoms with E-state index in [1.165, 1.54) is 13.1 Å². The van der Waals surface area contributed by atoms with Gasteiger partial charge in [-0.1, -0.05) is 11.6 Å². The molecular weight excluding hydrogens is 346 g/mol. The van der Waals surface area contributed by atoms with Crippen molar-refractivity contribution in [1.29, 1.82) is 0 Å². The molecule has 7 heteroatoms. The molecule has 2 aromatic rings. The summed E-state index contributed by atoms with van der Waals surface area (Å²) < 4.78 is 0.771. The quantitative estimate of drug-likeness (QED) is 0.791. The second-order valence-electron chi connectivity index (χ2n) is 3.96. The van der Waals surface area contributed by atoms with Crippen LogP contribution in [0.15, 0.2) is 34.9 Å². The van der Waals surface area contributed by atoms with Gasteiger partial charge in [0.15, 0.2) is 0 Å². The highest BCUT2D eigenvalue weighted by Crippen LogP contribution is 2.24. The molecule has 0 saturated carbocycles. The number of aromatic amines is 1. The normalized spacial score (nSPS) is 10.2. The van der Waals surface area contributed by atoms with Crippen molar-refractivity contribution in [1.82, 2.24) is 10.3 Å². The third kappa shape index (κ3) is 3.20. The lowest BCUT2D eigenvalue weighted by Gasteiger charge is -2.08. The standard InChI is InChI=1S/C13H11BrClN3O2/c1-16-12(19)7-2-3-9(15)10(4-7)18-13(20)11-5-8(14)6-17-11/h2-6,17H,1H3,(H,16,19)(H,18,20). The van der Waals surface area contributed by atoms with Gasteiger partial charge in [-0.25, -0.2) is 0 Å². The zero-order chi connectivity index (χ0) is 14.7. The first-order chi connectivity index (χ1) is 9.51. The van der Waals surface area contributed by atoms with Gasteiger partial charge in [0.25, 0.3) is 11.8 Å². The summed E-state index contributed by atoms with van der Waals surface area (Å²) >= 11 is 9.27. The number of aromatic nitrogens is 1. The van der Waals surface area contributed by atoms with Crippen molar-refractivity contribution in [2.24, 2.45) is 0 Å². The van der Waals surface area contributed by atoms with Gasteiger partial charge in [0.05, 0.1) is 10.7 Å². The van der Waals surface area contributed by atoms with Crippen LogP contribution in [0.25, 0.3) is 0 Å². The Labute approximate surface area is 128 Å². The fourth-order valence-electron chi connectivity index (χ4n) is 1.60. The molecule has 1 aromatic heterocycles. The molecule has 0 aliphatic heterocycles. The van der Waals surface area contributed by atoms with Crippen LogP contribution in [-0.4, -0.2) is 23.8 Å². The van der Waals surface area contributed by atoms with Crippen LogP contribution in [0, 0.1) is 0 Å². The number of carbonyl (C=O) groups is 2. The third-order valence-corrected chi connectivity index (χ3v) is 3.38. The van der Waals surface area contributed by atoms with Crippen molar-refractivity contribution in [3.63, 3.8) is 0 Å². The number of hydrogen-bond acceptors (Lipinski definition) is 2. The van der Waals surface area contributed by atoms with E-state index < -0.39 is 0 Å². The maximum atomic E-state index is 12.0. The zero-order valence-corrected chi connectivity index (χ0v) is 12.8. The Bertz CT molecular complexity index is 669. The molecule has 3 N–H and O–H groups in total. The first-order valence-electron chi connectivity index (χ1n) is 5.68. The second-order valence-corrected chi connectivity index (χ2v) is 5.28. The van der Waals surface area contributed by atoms with E-state index in [9.17, 15) is 9.59 Å². The SMILES string of the molecule is CNC(=O)c1ccc(Cl)c(NC(=O)c2cc(Br)c[nH]2)c1. The van der Waals surface area contributed by atoms with E-state index in [1.54, 1.807) is 24.4 Å². The summed E-state index contributed by atoms with van der Waals surface area (Å²) in [4.78, 5) is 26.4. The van der Waals surface area contributed by atoms with Gasteiger partial charge in [0.2, 0.25) is 0 Å². The highest BCUT2D eigenvalue weighted by Gasteiger charge is 2.12. The van der Waals surface area contributed by atoms with Crippen LogP contribution in [0.5, 0.6) is 0 Å². The van der Waals surface area contributed by atoms with Gasteiger partial charge in [-0.05, 0) is 40.2 Å². The number of benzene rings is 1. The van der Waals surface area contributed by atoms with Gasteiger partial charge in [-0.15, -0.1) is 0 Å². The predicted molar refractivity (Wildman–Crippen MR) is 81.3 cm³/mol. The molecule has 20 heavy (non-hydrogen) atoms. The molecule has 0 saturated heterocycles. The van der Waals surface area contributed by atoms with E-state index in [1.807, 2.05) is 0 Å². The predicted octanol–water partition coefficient (Wildman–Crippen LogP) is 3.04. The molecule has 2 rings (SSSR count). The summed E-state index contributed by atoms with van der Waals surface area (Å²) in [6, 6.07) is 6.32. The van der Waals surface area contributed by atoms with E-state index >= 15 is 0 Å². The minimum Gasteiger partial charge on any atom is -0.356 e. The van der Waals surface area contributed by atoms with Crippen LogP contribution in [0.4, 0.5) is 5.69 Å². The van der Waals surface area contributed by atoms with Crippen LogP contribution in [0.1, 0.15) is 20.8 Å². The van der Waals surface area contributed by atoms with E-state index in [2.05, 4.69) is 31.5 Å². The Morgan fingerprint density at radius 1 is 1.25 bits per heavy atom. The summed E-state index contributed by atoms with van der Waals surface area (Å²) in [5, 5.41) is 5.52. The molecule has 0 unspecified atom stereocenters. The van der Waals surface area contributed by atoms with Gasteiger partial charge in [-0.2, -0.15) is 0 Å². The first kappa shape index (κ1) is 14.6. The molecule has 0 spiro atoms. The number of rotatable bonds is 3. The molecule has 0 aliphatic rings. The Balaban J connectivity index is 2.24. The van der Waals surface area contributed by atoms with Crippen molar-refractivity contribution in [3.8, 4) is 0 Å². The maximum absolute atomic E-state index is 12.0. The minimum atomic E-state index is -0.341. The number of carbonyl (C=O) groups excluding carboxylic acids is 2. The van der Waals surface area contributed by atoms with Gasteiger partial charge in [0, 0.05) is 23.3 Å². The van der Waals surface area contributed by atoms with Crippen LogP contribution >= 0.6 is 27.5 Å². The molecule has 2 amide bonds. The van der Waals surface area contributed by atoms with Crippen molar-refractivity contribution < 1.29 is 9.59 Å². The lowest BCUT2D eigenvalue weighted by Crippen LogP contribution is -2.18. The summed E-state index contributed by atoms with van der Waals surface area (Å²) in [5.74, 6) is -0.591. The van der Waals surface area contributed by atoms with Crippen molar-refractivity contribution in [3.05, 3.63) is 51.2 Å². The van der Waals surface area contributed by atoms with Crippen LogP contribution < -0.4 is 10.6 Å². The monoisotopic (exact) mass is 355 g/mol. The summed E-state index contributed by atoms with van der Waals surface area (Å²) in [5.41, 5.74) is 1.18. The summed E-state index contributed by atoms with van der Waals surface area (Å²) in [6.45, 7) is 0. The maximum Gasteiger partial charge on any atom is 0.272 e. The number of hydrogen-bond donors (Lipinski definition) is 3. The molecule has 1 aromatic carbocycles. The Morgan fingerprint density at radius 3 is 2.60 bits per heavy atom.